The van der Waals surface area contributed by atoms with Gasteiger partial charge in [0.2, 0.25) is 5.91 Å². The van der Waals surface area contributed by atoms with Crippen molar-refractivity contribution < 1.29 is 4.79 Å². The van der Waals surface area contributed by atoms with E-state index in [0.29, 0.717) is 11.7 Å². The van der Waals surface area contributed by atoms with Gasteiger partial charge in [0.05, 0.1) is 12.1 Å². The Morgan fingerprint density at radius 3 is 2.34 bits per heavy atom. The van der Waals surface area contributed by atoms with Gasteiger partial charge in [-0.2, -0.15) is 0 Å². The average molecular weight is 410 g/mol. The molecule has 3 rings (SSSR count). The summed E-state index contributed by atoms with van der Waals surface area (Å²) in [6.45, 7) is 11.0. The van der Waals surface area contributed by atoms with Crippen LogP contribution in [0, 0.1) is 34.6 Å². The number of hydrogen-bond acceptors (Lipinski definition) is 3. The molecule has 152 valence electrons. The molecule has 0 saturated carbocycles. The molecule has 0 atom stereocenters. The summed E-state index contributed by atoms with van der Waals surface area (Å²) in [7, 11) is 1.91. The summed E-state index contributed by atoms with van der Waals surface area (Å²) in [5.74, 6) is -0.0427. The SMILES string of the molecule is Cc1cc(C)c(NC(=O)CN(C)Cc2cc3ccc(C)c(C)c3nc2Cl)c(C)c1. The number of hydrogen-bond donors (Lipinski definition) is 1. The Morgan fingerprint density at radius 2 is 1.69 bits per heavy atom. The van der Waals surface area contributed by atoms with Crippen molar-refractivity contribution in [3.8, 4) is 0 Å². The van der Waals surface area contributed by atoms with E-state index in [-0.39, 0.29) is 12.5 Å². The third-order valence-corrected chi connectivity index (χ3v) is 5.66. The molecule has 0 aliphatic rings. The molecule has 2 aromatic carbocycles. The van der Waals surface area contributed by atoms with Crippen molar-refractivity contribution in [3.63, 3.8) is 0 Å². The van der Waals surface area contributed by atoms with E-state index in [1.165, 1.54) is 11.1 Å². The smallest absolute Gasteiger partial charge is 0.238 e. The lowest BCUT2D eigenvalue weighted by molar-refractivity contribution is -0.117. The molecule has 1 aromatic heterocycles. The number of anilines is 1. The van der Waals surface area contributed by atoms with Crippen molar-refractivity contribution in [2.24, 2.45) is 0 Å². The fraction of sp³-hybridized carbons (Fsp3) is 0.333. The third-order valence-electron chi connectivity index (χ3n) is 5.33. The largest absolute Gasteiger partial charge is 0.324 e. The first-order valence-electron chi connectivity index (χ1n) is 9.77. The van der Waals surface area contributed by atoms with Crippen molar-refractivity contribution in [2.75, 3.05) is 18.9 Å². The minimum absolute atomic E-state index is 0.0427. The summed E-state index contributed by atoms with van der Waals surface area (Å²) in [5, 5.41) is 4.61. The minimum atomic E-state index is -0.0427. The molecule has 0 fully saturated rings. The fourth-order valence-corrected chi connectivity index (χ4v) is 3.96. The lowest BCUT2D eigenvalue weighted by Gasteiger charge is -2.19. The normalized spacial score (nSPS) is 11.3. The van der Waals surface area contributed by atoms with Crippen molar-refractivity contribution in [2.45, 2.75) is 41.2 Å². The number of likely N-dealkylation sites (N-methyl/N-ethyl adjacent to an activating group) is 1. The molecule has 5 heteroatoms. The van der Waals surface area contributed by atoms with Crippen molar-refractivity contribution in [3.05, 3.63) is 68.9 Å². The number of aryl methyl sites for hydroxylation is 5. The molecular formula is C24H28ClN3O. The molecular weight excluding hydrogens is 382 g/mol. The van der Waals surface area contributed by atoms with Crippen LogP contribution >= 0.6 is 11.6 Å². The Bertz CT molecular complexity index is 1070. The molecule has 0 bridgehead atoms. The number of halogens is 1. The Kier molecular flexibility index (Phi) is 6.25. The zero-order chi connectivity index (χ0) is 21.3. The van der Waals surface area contributed by atoms with Gasteiger partial charge in [-0.3, -0.25) is 9.69 Å². The zero-order valence-electron chi connectivity index (χ0n) is 18.0. The van der Waals surface area contributed by atoms with Crippen molar-refractivity contribution >= 4 is 34.1 Å². The van der Waals surface area contributed by atoms with Crippen LogP contribution in [0.2, 0.25) is 5.15 Å². The second kappa shape index (κ2) is 8.52. The first-order chi connectivity index (χ1) is 13.7. The summed E-state index contributed by atoms with van der Waals surface area (Å²) in [5.41, 5.74) is 8.43. The Labute approximate surface area is 177 Å². The molecule has 1 N–H and O–H groups in total. The molecule has 3 aromatic rings. The first-order valence-corrected chi connectivity index (χ1v) is 10.1. The van der Waals surface area contributed by atoms with Gasteiger partial charge in [0.25, 0.3) is 0 Å². The summed E-state index contributed by atoms with van der Waals surface area (Å²) in [4.78, 5) is 19.1. The Hall–Kier alpha value is -2.43. The van der Waals surface area contributed by atoms with Gasteiger partial charge in [-0.1, -0.05) is 41.4 Å². The molecule has 0 radical (unpaired) electrons. The second-order valence-electron chi connectivity index (χ2n) is 8.01. The highest BCUT2D eigenvalue weighted by Crippen LogP contribution is 2.26. The second-order valence-corrected chi connectivity index (χ2v) is 8.37. The monoisotopic (exact) mass is 409 g/mol. The van der Waals surface area contributed by atoms with Crippen LogP contribution in [0.15, 0.2) is 30.3 Å². The van der Waals surface area contributed by atoms with Crippen LogP contribution < -0.4 is 5.32 Å². The van der Waals surface area contributed by atoms with Crippen LogP contribution in [0.25, 0.3) is 10.9 Å². The van der Waals surface area contributed by atoms with Gasteiger partial charge in [-0.25, -0.2) is 4.98 Å². The highest BCUT2D eigenvalue weighted by Gasteiger charge is 2.14. The number of pyridine rings is 1. The van der Waals surface area contributed by atoms with Gasteiger partial charge < -0.3 is 5.32 Å². The third kappa shape index (κ3) is 4.77. The average Bonchev–Trinajstić information content (AvgIpc) is 2.62. The topological polar surface area (TPSA) is 45.2 Å². The molecule has 0 saturated heterocycles. The summed E-state index contributed by atoms with van der Waals surface area (Å²) in [6, 6.07) is 10.4. The number of rotatable bonds is 5. The van der Waals surface area contributed by atoms with E-state index in [0.717, 1.165) is 38.8 Å². The van der Waals surface area contributed by atoms with Crippen LogP contribution in [-0.2, 0) is 11.3 Å². The van der Waals surface area contributed by atoms with Gasteiger partial charge in [-0.15, -0.1) is 0 Å². The fourth-order valence-electron chi connectivity index (χ4n) is 3.76. The summed E-state index contributed by atoms with van der Waals surface area (Å²) < 4.78 is 0. The van der Waals surface area contributed by atoms with Crippen molar-refractivity contribution in [1.82, 2.24) is 9.88 Å². The molecule has 0 aliphatic carbocycles. The van der Waals surface area contributed by atoms with E-state index in [1.54, 1.807) is 0 Å². The number of nitrogens with one attached hydrogen (secondary N) is 1. The van der Waals surface area contributed by atoms with Crippen LogP contribution in [0.3, 0.4) is 0 Å². The quantitative estimate of drug-likeness (QED) is 0.566. The van der Waals surface area contributed by atoms with E-state index in [9.17, 15) is 4.79 Å². The predicted molar refractivity (Wildman–Crippen MR) is 122 cm³/mol. The van der Waals surface area contributed by atoms with E-state index >= 15 is 0 Å². The van der Waals surface area contributed by atoms with E-state index in [1.807, 2.05) is 25.8 Å². The molecule has 0 unspecified atom stereocenters. The van der Waals surface area contributed by atoms with E-state index in [4.69, 9.17) is 11.6 Å². The van der Waals surface area contributed by atoms with Crippen LogP contribution in [0.4, 0.5) is 5.69 Å². The van der Waals surface area contributed by atoms with Crippen LogP contribution in [-0.4, -0.2) is 29.4 Å². The van der Waals surface area contributed by atoms with Crippen molar-refractivity contribution in [1.29, 1.82) is 0 Å². The molecule has 0 spiro atoms. The van der Waals surface area contributed by atoms with Gasteiger partial charge >= 0.3 is 0 Å². The van der Waals surface area contributed by atoms with E-state index < -0.39 is 0 Å². The zero-order valence-corrected chi connectivity index (χ0v) is 18.7. The lowest BCUT2D eigenvalue weighted by Crippen LogP contribution is -2.30. The highest BCUT2D eigenvalue weighted by atomic mass is 35.5. The number of carbonyl (C=O) groups is 1. The van der Waals surface area contributed by atoms with E-state index in [2.05, 4.69) is 61.4 Å². The highest BCUT2D eigenvalue weighted by molar-refractivity contribution is 6.30. The maximum atomic E-state index is 12.6. The number of fused-ring (bicyclic) bond motifs is 1. The van der Waals surface area contributed by atoms with Crippen LogP contribution in [0.5, 0.6) is 0 Å². The number of benzene rings is 2. The molecule has 1 amide bonds. The Morgan fingerprint density at radius 1 is 1.03 bits per heavy atom. The van der Waals surface area contributed by atoms with Gasteiger partial charge in [-0.05, 0) is 70.0 Å². The summed E-state index contributed by atoms with van der Waals surface area (Å²) in [6.07, 6.45) is 0. The number of aromatic nitrogens is 1. The number of carbonyl (C=O) groups excluding carboxylic acids is 1. The molecule has 0 aliphatic heterocycles. The minimum Gasteiger partial charge on any atom is -0.324 e. The maximum Gasteiger partial charge on any atom is 0.238 e. The Balaban J connectivity index is 1.72. The van der Waals surface area contributed by atoms with Gasteiger partial charge in [0.15, 0.2) is 0 Å². The van der Waals surface area contributed by atoms with Crippen LogP contribution in [0.1, 0.15) is 33.4 Å². The molecule has 29 heavy (non-hydrogen) atoms. The summed E-state index contributed by atoms with van der Waals surface area (Å²) >= 11 is 6.46. The number of nitrogens with zero attached hydrogens (tertiary/aromatic N) is 2. The standard InChI is InChI=1S/C24H28ClN3O/c1-14-9-16(3)22(17(4)10-14)26-21(29)13-28(6)12-20-11-19-8-7-15(2)18(5)23(19)27-24(20)25/h7-11H,12-13H2,1-6H3,(H,26,29). The maximum absolute atomic E-state index is 12.6. The molecule has 1 heterocycles. The predicted octanol–water partition coefficient (Wildman–Crippen LogP) is 5.50. The van der Waals surface area contributed by atoms with Gasteiger partial charge in [0, 0.05) is 23.2 Å². The first kappa shape index (κ1) is 21.3. The van der Waals surface area contributed by atoms with Gasteiger partial charge in [0.1, 0.15) is 5.15 Å². The lowest BCUT2D eigenvalue weighted by atomic mass is 10.0. The molecule has 4 nitrogen and oxygen atoms in total. The number of amides is 1.